The van der Waals surface area contributed by atoms with Crippen LogP contribution in [0, 0.1) is 22.6 Å². The molecule has 2 aromatic carbocycles. The highest BCUT2D eigenvalue weighted by Crippen LogP contribution is 2.53. The Morgan fingerprint density at radius 3 is 2.60 bits per heavy atom. The molecule has 2 atom stereocenters. The molecule has 0 bridgehead atoms. The number of ether oxygens (including phenoxy) is 2. The second-order valence-electron chi connectivity index (χ2n) is 12.7. The first-order valence-corrected chi connectivity index (χ1v) is 15.5. The van der Waals surface area contributed by atoms with E-state index < -0.39 is 47.4 Å². The summed E-state index contributed by atoms with van der Waals surface area (Å²) in [6.45, 7) is 1.18. The van der Waals surface area contributed by atoms with E-state index in [0.717, 1.165) is 6.07 Å². The Balaban J connectivity index is 1.12. The van der Waals surface area contributed by atoms with Crippen molar-refractivity contribution in [2.24, 2.45) is 5.41 Å². The molecule has 0 amide bonds. The average molecular weight is 689 g/mol. The standard InChI is InChI=1S/C33H27ClF6N6O2/c1-30(23-6-5-20(34)12-24(23)35)47-26-4-2-3-21(27(26)48-30)22-7-10-46(17-32(22,36)37)15-25-18(13-31(16-41)8-9-31)11-19(14-42-25)28-43-29(45-44-28)33(38,39)40/h2-6,11-12,14,22H,7-10,13,15,17H2,1H3,(H,43,44,45)/t22-,30-/m0/s1. The smallest absolute Gasteiger partial charge is 0.444 e. The summed E-state index contributed by atoms with van der Waals surface area (Å²) in [6.07, 6.45) is -1.80. The van der Waals surface area contributed by atoms with Crippen LogP contribution in [0.4, 0.5) is 26.3 Å². The Kier molecular flexibility index (Phi) is 7.63. The van der Waals surface area contributed by atoms with Crippen molar-refractivity contribution in [1.82, 2.24) is 25.1 Å². The van der Waals surface area contributed by atoms with E-state index in [1.165, 1.54) is 25.3 Å². The lowest BCUT2D eigenvalue weighted by Gasteiger charge is -2.39. The molecule has 15 heteroatoms. The number of benzene rings is 2. The van der Waals surface area contributed by atoms with E-state index >= 15 is 8.78 Å². The predicted octanol–water partition coefficient (Wildman–Crippen LogP) is 7.79. The van der Waals surface area contributed by atoms with Gasteiger partial charge in [0.05, 0.1) is 35.2 Å². The number of aromatic nitrogens is 4. The van der Waals surface area contributed by atoms with Crippen molar-refractivity contribution >= 4 is 11.6 Å². The first-order chi connectivity index (χ1) is 22.7. The van der Waals surface area contributed by atoms with Gasteiger partial charge in [0.2, 0.25) is 5.82 Å². The number of aromatic amines is 1. The zero-order valence-corrected chi connectivity index (χ0v) is 26.1. The molecule has 8 nitrogen and oxygen atoms in total. The van der Waals surface area contributed by atoms with Crippen LogP contribution < -0.4 is 9.47 Å². The lowest BCUT2D eigenvalue weighted by atomic mass is 9.85. The number of piperidine rings is 1. The van der Waals surface area contributed by atoms with Crippen LogP contribution in [0.5, 0.6) is 11.5 Å². The maximum absolute atomic E-state index is 16.0. The van der Waals surface area contributed by atoms with Crippen LogP contribution in [-0.4, -0.2) is 44.1 Å². The second kappa shape index (κ2) is 11.4. The summed E-state index contributed by atoms with van der Waals surface area (Å²) in [5.74, 6) is -7.84. The first-order valence-electron chi connectivity index (χ1n) is 15.1. The van der Waals surface area contributed by atoms with Crippen molar-refractivity contribution in [2.75, 3.05) is 13.1 Å². The van der Waals surface area contributed by atoms with Crippen LogP contribution in [0.2, 0.25) is 5.02 Å². The van der Waals surface area contributed by atoms with Gasteiger partial charge in [-0.2, -0.15) is 23.5 Å². The predicted molar refractivity (Wildman–Crippen MR) is 160 cm³/mol. The highest BCUT2D eigenvalue weighted by atomic mass is 35.5. The molecule has 1 N–H and O–H groups in total. The number of fused-ring (bicyclic) bond motifs is 1. The van der Waals surface area contributed by atoms with Crippen LogP contribution in [0.25, 0.3) is 11.4 Å². The topological polar surface area (TPSA) is 100.0 Å². The number of nitrogens with one attached hydrogen (secondary N) is 1. The zero-order valence-electron chi connectivity index (χ0n) is 25.3. The first kappa shape index (κ1) is 32.2. The molecule has 48 heavy (non-hydrogen) atoms. The Morgan fingerprint density at radius 2 is 1.94 bits per heavy atom. The number of rotatable bonds is 7. The highest BCUT2D eigenvalue weighted by Gasteiger charge is 2.50. The van der Waals surface area contributed by atoms with Gasteiger partial charge in [0.15, 0.2) is 17.3 Å². The summed E-state index contributed by atoms with van der Waals surface area (Å²) in [5.41, 5.74) is 0.894. The van der Waals surface area contributed by atoms with Gasteiger partial charge >= 0.3 is 6.18 Å². The van der Waals surface area contributed by atoms with Gasteiger partial charge in [-0.3, -0.25) is 15.0 Å². The molecule has 3 aliphatic rings. The summed E-state index contributed by atoms with van der Waals surface area (Å²) >= 11 is 5.91. The van der Waals surface area contributed by atoms with Crippen LogP contribution in [0.3, 0.4) is 0 Å². The molecule has 7 rings (SSSR count). The highest BCUT2D eigenvalue weighted by molar-refractivity contribution is 6.30. The van der Waals surface area contributed by atoms with E-state index in [1.54, 1.807) is 29.2 Å². The molecule has 2 aromatic heterocycles. The fourth-order valence-corrected chi connectivity index (χ4v) is 6.61. The van der Waals surface area contributed by atoms with Crippen molar-refractivity contribution in [2.45, 2.75) is 63.0 Å². The maximum atomic E-state index is 16.0. The van der Waals surface area contributed by atoms with Crippen LogP contribution in [0.15, 0.2) is 48.7 Å². The van der Waals surface area contributed by atoms with Crippen molar-refractivity contribution in [3.63, 3.8) is 0 Å². The molecule has 0 spiro atoms. The van der Waals surface area contributed by atoms with Crippen molar-refractivity contribution in [3.05, 3.63) is 87.7 Å². The van der Waals surface area contributed by atoms with E-state index in [9.17, 15) is 22.8 Å². The zero-order chi connectivity index (χ0) is 34.1. The normalized spacial score (nSPS) is 22.8. The van der Waals surface area contributed by atoms with Gasteiger partial charge in [0.1, 0.15) is 5.82 Å². The molecule has 0 radical (unpaired) electrons. The number of pyridine rings is 1. The number of halogens is 7. The molecule has 4 heterocycles. The number of para-hydroxylation sites is 1. The Bertz CT molecular complexity index is 1940. The summed E-state index contributed by atoms with van der Waals surface area (Å²) < 4.78 is 98.3. The maximum Gasteiger partial charge on any atom is 0.451 e. The van der Waals surface area contributed by atoms with E-state index in [1.807, 2.05) is 5.10 Å². The van der Waals surface area contributed by atoms with E-state index in [0.29, 0.717) is 24.1 Å². The van der Waals surface area contributed by atoms with Crippen molar-refractivity contribution in [3.8, 4) is 29.0 Å². The third kappa shape index (κ3) is 5.94. The van der Waals surface area contributed by atoms with Gasteiger partial charge in [0, 0.05) is 35.8 Å². The molecule has 250 valence electrons. The minimum absolute atomic E-state index is 0.0294. The fourth-order valence-electron chi connectivity index (χ4n) is 6.45. The Labute approximate surface area is 275 Å². The molecule has 2 fully saturated rings. The number of hydrogen-bond donors (Lipinski definition) is 1. The van der Waals surface area contributed by atoms with Crippen LogP contribution >= 0.6 is 11.6 Å². The number of hydrogen-bond acceptors (Lipinski definition) is 7. The second-order valence-corrected chi connectivity index (χ2v) is 13.1. The van der Waals surface area contributed by atoms with Gasteiger partial charge < -0.3 is 9.47 Å². The lowest BCUT2D eigenvalue weighted by molar-refractivity contribution is -0.144. The van der Waals surface area contributed by atoms with E-state index in [4.69, 9.17) is 21.1 Å². The third-order valence-electron chi connectivity index (χ3n) is 9.15. The van der Waals surface area contributed by atoms with Crippen LogP contribution in [-0.2, 0) is 24.9 Å². The number of likely N-dealkylation sites (tertiary alicyclic amines) is 1. The molecule has 1 aliphatic carbocycles. The van der Waals surface area contributed by atoms with Gasteiger partial charge in [-0.05, 0) is 68.1 Å². The van der Waals surface area contributed by atoms with E-state index in [-0.39, 0.29) is 65.0 Å². The SMILES string of the molecule is C[C@]1(c2ccc(Cl)cc2F)Oc2cccc([C@@H]3CCN(Cc4ncc(-c5n[nH]c(C(F)(F)F)n5)cc4CC4(C#N)CC4)CC3(F)F)c2O1. The van der Waals surface area contributed by atoms with Gasteiger partial charge in [-0.25, -0.2) is 18.2 Å². The molecule has 1 saturated heterocycles. The molecule has 1 saturated carbocycles. The summed E-state index contributed by atoms with van der Waals surface area (Å²) in [5, 5.41) is 15.5. The molecular weight excluding hydrogens is 662 g/mol. The number of nitrogens with zero attached hydrogens (tertiary/aromatic N) is 5. The molecular formula is C33H27ClF6N6O2. The number of alkyl halides is 5. The van der Waals surface area contributed by atoms with Crippen molar-refractivity contribution < 1.29 is 35.8 Å². The summed E-state index contributed by atoms with van der Waals surface area (Å²) in [7, 11) is 0. The Hall–Kier alpha value is -4.35. The van der Waals surface area contributed by atoms with Gasteiger partial charge in [0.25, 0.3) is 11.7 Å². The quantitative estimate of drug-likeness (QED) is 0.198. The van der Waals surface area contributed by atoms with Crippen LogP contribution in [0.1, 0.15) is 60.3 Å². The van der Waals surface area contributed by atoms with E-state index in [2.05, 4.69) is 21.1 Å². The number of H-pyrrole nitrogens is 1. The molecule has 2 aliphatic heterocycles. The summed E-state index contributed by atoms with van der Waals surface area (Å²) in [4.78, 5) is 9.55. The minimum Gasteiger partial charge on any atom is -0.444 e. The number of nitriles is 1. The average Bonchev–Trinajstić information content (AvgIpc) is 3.42. The fraction of sp³-hybridized carbons (Fsp3) is 0.394. The van der Waals surface area contributed by atoms with Gasteiger partial charge in [-0.1, -0.05) is 23.7 Å². The lowest BCUT2D eigenvalue weighted by Crippen LogP contribution is -2.47. The largest absolute Gasteiger partial charge is 0.451 e. The molecule has 0 unspecified atom stereocenters. The van der Waals surface area contributed by atoms with Crippen molar-refractivity contribution in [1.29, 1.82) is 5.26 Å². The monoisotopic (exact) mass is 688 g/mol. The minimum atomic E-state index is -4.72. The van der Waals surface area contributed by atoms with Gasteiger partial charge in [-0.15, -0.1) is 0 Å². The summed E-state index contributed by atoms with van der Waals surface area (Å²) in [6, 6.07) is 12.7. The molecule has 4 aromatic rings. The third-order valence-corrected chi connectivity index (χ3v) is 9.38. The Morgan fingerprint density at radius 1 is 1.15 bits per heavy atom.